The minimum Gasteiger partial charge on any atom is -0.508 e. The van der Waals surface area contributed by atoms with Crippen LogP contribution in [0.25, 0.3) is 0 Å². The van der Waals surface area contributed by atoms with E-state index in [0.717, 1.165) is 17.5 Å². The van der Waals surface area contributed by atoms with E-state index in [4.69, 9.17) is 0 Å². The van der Waals surface area contributed by atoms with E-state index in [1.54, 1.807) is 6.07 Å². The van der Waals surface area contributed by atoms with Crippen molar-refractivity contribution in [3.05, 3.63) is 65.2 Å². The van der Waals surface area contributed by atoms with Crippen molar-refractivity contribution in [1.82, 2.24) is 10.2 Å². The third-order valence-corrected chi connectivity index (χ3v) is 4.45. The van der Waals surface area contributed by atoms with Crippen LogP contribution in [-0.2, 0) is 12.8 Å². The molecule has 126 valence electrons. The molecular formula is C19H22N2O3. The Morgan fingerprint density at radius 3 is 2.67 bits per heavy atom. The van der Waals surface area contributed by atoms with Crippen LogP contribution in [0.5, 0.6) is 5.75 Å². The molecule has 1 aliphatic heterocycles. The van der Waals surface area contributed by atoms with Gasteiger partial charge in [-0.1, -0.05) is 42.5 Å². The molecule has 1 saturated heterocycles. The predicted molar refractivity (Wildman–Crippen MR) is 92.4 cm³/mol. The van der Waals surface area contributed by atoms with Crippen molar-refractivity contribution in [1.29, 1.82) is 0 Å². The molecule has 1 atom stereocenters. The summed E-state index contributed by atoms with van der Waals surface area (Å²) < 4.78 is 0. The molecule has 0 aliphatic carbocycles. The largest absolute Gasteiger partial charge is 0.508 e. The number of amides is 1. The van der Waals surface area contributed by atoms with Gasteiger partial charge in [0.05, 0.1) is 6.04 Å². The highest BCUT2D eigenvalue weighted by Crippen LogP contribution is 2.23. The second kappa shape index (κ2) is 7.36. The summed E-state index contributed by atoms with van der Waals surface area (Å²) >= 11 is 0. The Hall–Kier alpha value is -2.53. The van der Waals surface area contributed by atoms with E-state index in [1.165, 1.54) is 10.5 Å². The summed E-state index contributed by atoms with van der Waals surface area (Å²) in [6, 6.07) is 15.6. The number of hydrogen-bond acceptors (Lipinski definition) is 3. The van der Waals surface area contributed by atoms with Gasteiger partial charge >= 0.3 is 6.09 Å². The zero-order valence-corrected chi connectivity index (χ0v) is 13.5. The molecule has 1 aliphatic rings. The first kappa shape index (κ1) is 16.3. The molecular weight excluding hydrogens is 304 g/mol. The maximum Gasteiger partial charge on any atom is 0.407 e. The SMILES string of the molecule is O=C(O)N1CCNCC1Cc1ccc(Cc2ccccc2)cc1O. The fraction of sp³-hybridized carbons (Fsp3) is 0.316. The van der Waals surface area contributed by atoms with Crippen LogP contribution in [0.15, 0.2) is 48.5 Å². The van der Waals surface area contributed by atoms with Crippen molar-refractivity contribution in [2.75, 3.05) is 19.6 Å². The van der Waals surface area contributed by atoms with Crippen molar-refractivity contribution < 1.29 is 15.0 Å². The third-order valence-electron chi connectivity index (χ3n) is 4.45. The second-order valence-electron chi connectivity index (χ2n) is 6.16. The number of nitrogens with zero attached hydrogens (tertiary/aromatic N) is 1. The number of nitrogens with one attached hydrogen (secondary N) is 1. The summed E-state index contributed by atoms with van der Waals surface area (Å²) in [5.74, 6) is 0.236. The lowest BCUT2D eigenvalue weighted by molar-refractivity contribution is 0.112. The maximum atomic E-state index is 11.3. The zero-order chi connectivity index (χ0) is 16.9. The molecule has 2 aromatic carbocycles. The number of carbonyl (C=O) groups is 1. The number of carboxylic acid groups (broad SMARTS) is 1. The van der Waals surface area contributed by atoms with Gasteiger partial charge in [-0.15, -0.1) is 0 Å². The number of phenols is 1. The van der Waals surface area contributed by atoms with Crippen molar-refractivity contribution >= 4 is 6.09 Å². The Balaban J connectivity index is 1.71. The van der Waals surface area contributed by atoms with Gasteiger partial charge in [0.1, 0.15) is 5.75 Å². The molecule has 0 bridgehead atoms. The predicted octanol–water partition coefficient (Wildman–Crippen LogP) is 2.48. The lowest BCUT2D eigenvalue weighted by Gasteiger charge is -2.34. The zero-order valence-electron chi connectivity index (χ0n) is 13.5. The third kappa shape index (κ3) is 3.86. The minimum absolute atomic E-state index is 0.151. The molecule has 0 aromatic heterocycles. The topological polar surface area (TPSA) is 72.8 Å². The number of hydrogen-bond donors (Lipinski definition) is 3. The Labute approximate surface area is 141 Å². The molecule has 24 heavy (non-hydrogen) atoms. The van der Waals surface area contributed by atoms with Gasteiger partial charge in [-0.2, -0.15) is 0 Å². The van der Waals surface area contributed by atoms with Gasteiger partial charge in [-0.05, 0) is 35.6 Å². The maximum absolute atomic E-state index is 11.3. The fourth-order valence-corrected chi connectivity index (χ4v) is 3.17. The van der Waals surface area contributed by atoms with Crippen LogP contribution in [0.3, 0.4) is 0 Å². The fourth-order valence-electron chi connectivity index (χ4n) is 3.17. The highest BCUT2D eigenvalue weighted by molar-refractivity contribution is 5.65. The average molecular weight is 326 g/mol. The molecule has 5 heteroatoms. The highest BCUT2D eigenvalue weighted by atomic mass is 16.4. The van der Waals surface area contributed by atoms with Crippen LogP contribution in [-0.4, -0.2) is 46.9 Å². The summed E-state index contributed by atoms with van der Waals surface area (Å²) in [6.45, 7) is 1.76. The molecule has 0 radical (unpaired) electrons. The lowest BCUT2D eigenvalue weighted by Crippen LogP contribution is -2.54. The van der Waals surface area contributed by atoms with Crippen LogP contribution in [0.4, 0.5) is 4.79 Å². The molecule has 1 heterocycles. The van der Waals surface area contributed by atoms with E-state index in [-0.39, 0.29) is 11.8 Å². The monoisotopic (exact) mass is 326 g/mol. The molecule has 1 fully saturated rings. The first-order valence-electron chi connectivity index (χ1n) is 8.18. The molecule has 5 nitrogen and oxygen atoms in total. The van der Waals surface area contributed by atoms with Crippen LogP contribution < -0.4 is 5.32 Å². The number of aromatic hydroxyl groups is 1. The van der Waals surface area contributed by atoms with Gasteiger partial charge in [0.2, 0.25) is 0 Å². The van der Waals surface area contributed by atoms with Crippen molar-refractivity contribution in [3.8, 4) is 5.75 Å². The molecule has 0 spiro atoms. The van der Waals surface area contributed by atoms with E-state index >= 15 is 0 Å². The van der Waals surface area contributed by atoms with Crippen LogP contribution in [0.1, 0.15) is 16.7 Å². The normalized spacial score (nSPS) is 17.7. The van der Waals surface area contributed by atoms with Gasteiger partial charge in [0, 0.05) is 19.6 Å². The number of phenolic OH excluding ortho intramolecular Hbond substituents is 1. The molecule has 0 saturated carbocycles. The Bertz CT molecular complexity index is 703. The summed E-state index contributed by atoms with van der Waals surface area (Å²) in [5, 5.41) is 22.9. The first-order valence-corrected chi connectivity index (χ1v) is 8.18. The summed E-state index contributed by atoms with van der Waals surface area (Å²) in [7, 11) is 0. The standard InChI is InChI=1S/C19H22N2O3/c22-18-11-15(10-14-4-2-1-3-5-14)6-7-16(18)12-17-13-20-8-9-21(17)19(23)24/h1-7,11,17,20,22H,8-10,12-13H2,(H,23,24). The van der Waals surface area contributed by atoms with Gasteiger partial charge in [-0.25, -0.2) is 4.79 Å². The summed E-state index contributed by atoms with van der Waals surface area (Å²) in [4.78, 5) is 12.8. The molecule has 1 amide bonds. The van der Waals surface area contributed by atoms with Crippen molar-refractivity contribution in [2.24, 2.45) is 0 Å². The van der Waals surface area contributed by atoms with Crippen LogP contribution >= 0.6 is 0 Å². The van der Waals surface area contributed by atoms with Gasteiger partial charge < -0.3 is 20.4 Å². The smallest absolute Gasteiger partial charge is 0.407 e. The van der Waals surface area contributed by atoms with E-state index in [9.17, 15) is 15.0 Å². The summed E-state index contributed by atoms with van der Waals surface area (Å²) in [5.41, 5.74) is 3.02. The second-order valence-corrected chi connectivity index (χ2v) is 6.16. The van der Waals surface area contributed by atoms with Gasteiger partial charge in [0.25, 0.3) is 0 Å². The Kier molecular flexibility index (Phi) is 5.01. The number of benzene rings is 2. The molecule has 1 unspecified atom stereocenters. The summed E-state index contributed by atoms with van der Waals surface area (Å²) in [6.07, 6.45) is 0.374. The average Bonchev–Trinajstić information content (AvgIpc) is 2.58. The number of piperazine rings is 1. The number of rotatable bonds is 4. The van der Waals surface area contributed by atoms with Gasteiger partial charge in [0.15, 0.2) is 0 Å². The van der Waals surface area contributed by atoms with Crippen LogP contribution in [0.2, 0.25) is 0 Å². The van der Waals surface area contributed by atoms with E-state index in [0.29, 0.717) is 26.1 Å². The Morgan fingerprint density at radius 2 is 1.96 bits per heavy atom. The molecule has 3 N–H and O–H groups in total. The van der Waals surface area contributed by atoms with E-state index in [1.807, 2.05) is 30.3 Å². The minimum atomic E-state index is -0.901. The van der Waals surface area contributed by atoms with E-state index < -0.39 is 6.09 Å². The van der Waals surface area contributed by atoms with Crippen LogP contribution in [0, 0.1) is 0 Å². The van der Waals surface area contributed by atoms with Crippen molar-refractivity contribution in [2.45, 2.75) is 18.9 Å². The molecule has 3 rings (SSSR count). The highest BCUT2D eigenvalue weighted by Gasteiger charge is 2.26. The van der Waals surface area contributed by atoms with Gasteiger partial charge in [-0.3, -0.25) is 0 Å². The molecule has 2 aromatic rings. The van der Waals surface area contributed by atoms with Crippen molar-refractivity contribution in [3.63, 3.8) is 0 Å². The first-order chi connectivity index (χ1) is 11.6. The lowest BCUT2D eigenvalue weighted by atomic mass is 9.98. The quantitative estimate of drug-likeness (QED) is 0.807. The Morgan fingerprint density at radius 1 is 1.17 bits per heavy atom. The van der Waals surface area contributed by atoms with E-state index in [2.05, 4.69) is 17.4 Å².